The number of halogens is 1. The highest BCUT2D eigenvalue weighted by Gasteiger charge is 2.18. The van der Waals surface area contributed by atoms with Crippen molar-refractivity contribution >= 4 is 10.0 Å². The van der Waals surface area contributed by atoms with Crippen molar-refractivity contribution in [3.8, 4) is 0 Å². The first-order valence-electron chi connectivity index (χ1n) is 6.56. The van der Waals surface area contributed by atoms with Gasteiger partial charge in [-0.15, -0.1) is 0 Å². The molecule has 0 saturated carbocycles. The molecule has 0 amide bonds. The Kier molecular flexibility index (Phi) is 4.43. The van der Waals surface area contributed by atoms with Gasteiger partial charge in [-0.05, 0) is 38.0 Å². The molecule has 0 spiro atoms. The van der Waals surface area contributed by atoms with Crippen molar-refractivity contribution in [3.63, 3.8) is 0 Å². The minimum absolute atomic E-state index is 0.198. The van der Waals surface area contributed by atoms with Crippen molar-refractivity contribution in [2.75, 3.05) is 6.54 Å². The van der Waals surface area contributed by atoms with E-state index >= 15 is 0 Å². The van der Waals surface area contributed by atoms with Crippen LogP contribution < -0.4 is 4.72 Å². The summed E-state index contributed by atoms with van der Waals surface area (Å²) in [6, 6.07) is 5.33. The van der Waals surface area contributed by atoms with Gasteiger partial charge in [-0.25, -0.2) is 17.5 Å². The number of benzene rings is 1. The van der Waals surface area contributed by atoms with Crippen LogP contribution in [0, 0.1) is 19.7 Å². The van der Waals surface area contributed by atoms with Gasteiger partial charge in [0.2, 0.25) is 10.0 Å². The first-order valence-corrected chi connectivity index (χ1v) is 8.04. The first-order chi connectivity index (χ1) is 9.83. The fourth-order valence-corrected chi connectivity index (χ4v) is 3.34. The van der Waals surface area contributed by atoms with Gasteiger partial charge in [-0.1, -0.05) is 12.1 Å². The second-order valence-electron chi connectivity index (χ2n) is 4.85. The summed E-state index contributed by atoms with van der Waals surface area (Å²) in [4.78, 5) is -0.329. The molecule has 2 rings (SSSR count). The number of hydrogen-bond donors (Lipinski definition) is 1. The Morgan fingerprint density at radius 2 is 1.95 bits per heavy atom. The summed E-state index contributed by atoms with van der Waals surface area (Å²) < 4.78 is 41.8. The number of hydrogen-bond acceptors (Lipinski definition) is 3. The molecule has 2 aromatic rings. The van der Waals surface area contributed by atoms with Crippen molar-refractivity contribution in [2.45, 2.75) is 25.2 Å². The normalized spacial score (nSPS) is 11.8. The van der Waals surface area contributed by atoms with Crippen molar-refractivity contribution in [1.82, 2.24) is 14.5 Å². The lowest BCUT2D eigenvalue weighted by atomic mass is 10.1. The number of nitrogens with one attached hydrogen (secondary N) is 1. The topological polar surface area (TPSA) is 64.0 Å². The second kappa shape index (κ2) is 5.95. The van der Waals surface area contributed by atoms with Gasteiger partial charge < -0.3 is 0 Å². The molecule has 0 atom stereocenters. The molecule has 1 N–H and O–H groups in total. The molecular formula is C14H18FN3O2S. The molecule has 0 unspecified atom stereocenters. The maximum atomic E-state index is 13.5. The molecule has 114 valence electrons. The lowest BCUT2D eigenvalue weighted by molar-refractivity contribution is 0.557. The largest absolute Gasteiger partial charge is 0.272 e. The maximum Gasteiger partial charge on any atom is 0.243 e. The minimum Gasteiger partial charge on any atom is -0.272 e. The van der Waals surface area contributed by atoms with Crippen LogP contribution in [0.2, 0.25) is 0 Å². The summed E-state index contributed by atoms with van der Waals surface area (Å²) in [5, 5.41) is 4.28. The van der Waals surface area contributed by atoms with Crippen LogP contribution in [0.4, 0.5) is 4.39 Å². The van der Waals surface area contributed by atoms with Crippen LogP contribution in [0.1, 0.15) is 17.0 Å². The molecule has 21 heavy (non-hydrogen) atoms. The van der Waals surface area contributed by atoms with Crippen molar-refractivity contribution in [2.24, 2.45) is 7.05 Å². The van der Waals surface area contributed by atoms with E-state index < -0.39 is 15.8 Å². The highest BCUT2D eigenvalue weighted by Crippen LogP contribution is 2.15. The van der Waals surface area contributed by atoms with E-state index in [1.807, 2.05) is 20.9 Å². The number of sulfonamides is 1. The summed E-state index contributed by atoms with van der Waals surface area (Å²) in [7, 11) is -1.99. The third-order valence-electron chi connectivity index (χ3n) is 3.45. The van der Waals surface area contributed by atoms with Gasteiger partial charge >= 0.3 is 0 Å². The van der Waals surface area contributed by atoms with E-state index in [1.54, 1.807) is 4.68 Å². The Morgan fingerprint density at radius 3 is 2.52 bits per heavy atom. The van der Waals surface area contributed by atoms with Gasteiger partial charge in [0, 0.05) is 19.3 Å². The fourth-order valence-electron chi connectivity index (χ4n) is 2.23. The predicted molar refractivity (Wildman–Crippen MR) is 78.0 cm³/mol. The number of nitrogens with zero attached hydrogens (tertiary/aromatic N) is 2. The van der Waals surface area contributed by atoms with Crippen LogP contribution >= 0.6 is 0 Å². The van der Waals surface area contributed by atoms with E-state index in [0.29, 0.717) is 6.42 Å². The zero-order valence-corrected chi connectivity index (χ0v) is 13.0. The standard InChI is InChI=1S/C14H18FN3O2S/c1-10-12(11(2)18(3)17-10)8-9-16-21(19,20)14-7-5-4-6-13(14)15/h4-7,16H,8-9H2,1-3H3. The van der Waals surface area contributed by atoms with Crippen LogP contribution in [-0.4, -0.2) is 24.7 Å². The monoisotopic (exact) mass is 311 g/mol. The molecular weight excluding hydrogens is 293 g/mol. The molecule has 0 fully saturated rings. The van der Waals surface area contributed by atoms with Crippen molar-refractivity contribution in [3.05, 3.63) is 47.0 Å². The smallest absolute Gasteiger partial charge is 0.243 e. The van der Waals surface area contributed by atoms with E-state index in [4.69, 9.17) is 0 Å². The summed E-state index contributed by atoms with van der Waals surface area (Å²) in [5.74, 6) is -0.751. The van der Waals surface area contributed by atoms with Crippen molar-refractivity contribution < 1.29 is 12.8 Å². The molecule has 1 heterocycles. The Bertz CT molecular complexity index is 754. The zero-order valence-electron chi connectivity index (χ0n) is 12.2. The van der Waals surface area contributed by atoms with Gasteiger partial charge in [-0.2, -0.15) is 5.10 Å². The maximum absolute atomic E-state index is 13.5. The zero-order chi connectivity index (χ0) is 15.6. The van der Waals surface area contributed by atoms with Gasteiger partial charge in [0.25, 0.3) is 0 Å². The summed E-state index contributed by atoms with van der Waals surface area (Å²) in [6.07, 6.45) is 0.513. The molecule has 0 saturated heterocycles. The molecule has 1 aromatic heterocycles. The van der Waals surface area contributed by atoms with Crippen LogP contribution in [0.5, 0.6) is 0 Å². The molecule has 7 heteroatoms. The predicted octanol–water partition coefficient (Wildman–Crippen LogP) is 1.70. The summed E-state index contributed by atoms with van der Waals surface area (Å²) in [5.41, 5.74) is 2.88. The molecule has 0 aliphatic rings. The van der Waals surface area contributed by atoms with E-state index in [1.165, 1.54) is 18.2 Å². The summed E-state index contributed by atoms with van der Waals surface area (Å²) >= 11 is 0. The van der Waals surface area contributed by atoms with Crippen LogP contribution in [-0.2, 0) is 23.5 Å². The molecule has 0 bridgehead atoms. The molecule has 0 aliphatic heterocycles. The Morgan fingerprint density at radius 1 is 1.29 bits per heavy atom. The molecule has 0 radical (unpaired) electrons. The molecule has 5 nitrogen and oxygen atoms in total. The SMILES string of the molecule is Cc1nn(C)c(C)c1CCNS(=O)(=O)c1ccccc1F. The van der Waals surface area contributed by atoms with Gasteiger partial charge in [0.05, 0.1) is 5.69 Å². The average Bonchev–Trinajstić information content (AvgIpc) is 2.65. The van der Waals surface area contributed by atoms with E-state index in [9.17, 15) is 12.8 Å². The first kappa shape index (κ1) is 15.7. The van der Waals surface area contributed by atoms with Crippen LogP contribution in [0.25, 0.3) is 0 Å². The van der Waals surface area contributed by atoms with Gasteiger partial charge in [0.1, 0.15) is 10.7 Å². The Hall–Kier alpha value is -1.73. The van der Waals surface area contributed by atoms with E-state index in [0.717, 1.165) is 23.0 Å². The third-order valence-corrected chi connectivity index (χ3v) is 4.95. The highest BCUT2D eigenvalue weighted by atomic mass is 32.2. The number of rotatable bonds is 5. The van der Waals surface area contributed by atoms with Crippen LogP contribution in [0.3, 0.4) is 0 Å². The summed E-state index contributed by atoms with van der Waals surface area (Å²) in [6.45, 7) is 4.01. The van der Waals surface area contributed by atoms with Gasteiger partial charge in [-0.3, -0.25) is 4.68 Å². The highest BCUT2D eigenvalue weighted by molar-refractivity contribution is 7.89. The van der Waals surface area contributed by atoms with Crippen LogP contribution in [0.15, 0.2) is 29.2 Å². The van der Waals surface area contributed by atoms with Gasteiger partial charge in [0.15, 0.2) is 0 Å². The number of aromatic nitrogens is 2. The Balaban J connectivity index is 2.08. The molecule has 0 aliphatic carbocycles. The fraction of sp³-hybridized carbons (Fsp3) is 0.357. The minimum atomic E-state index is -3.83. The number of aryl methyl sites for hydroxylation is 2. The van der Waals surface area contributed by atoms with E-state index in [-0.39, 0.29) is 11.4 Å². The molecule has 1 aromatic carbocycles. The Labute approximate surface area is 123 Å². The quantitative estimate of drug-likeness (QED) is 0.914. The third kappa shape index (κ3) is 3.30. The van der Waals surface area contributed by atoms with E-state index in [2.05, 4.69) is 9.82 Å². The lowest BCUT2D eigenvalue weighted by Gasteiger charge is -2.08. The van der Waals surface area contributed by atoms with Crippen molar-refractivity contribution in [1.29, 1.82) is 0 Å². The second-order valence-corrected chi connectivity index (χ2v) is 6.59. The average molecular weight is 311 g/mol. The lowest BCUT2D eigenvalue weighted by Crippen LogP contribution is -2.27.